The van der Waals surface area contributed by atoms with E-state index in [1.165, 1.54) is 87.3 Å². The van der Waals surface area contributed by atoms with Crippen LogP contribution in [0.3, 0.4) is 0 Å². The van der Waals surface area contributed by atoms with Gasteiger partial charge in [-0.05, 0) is 106 Å². The smallest absolute Gasteiger partial charge is 0.0397 e. The molecule has 2 heterocycles. The first kappa shape index (κ1) is 28.5. The summed E-state index contributed by atoms with van der Waals surface area (Å²) < 4.78 is 0. The predicted octanol–water partition coefficient (Wildman–Crippen LogP) is 12.3. The zero-order valence-corrected chi connectivity index (χ0v) is 28.2. The second-order valence-electron chi connectivity index (χ2n) is 12.1. The maximum Gasteiger partial charge on any atom is 0.0397 e. The molecule has 2 atom stereocenters. The first-order chi connectivity index (χ1) is 22.1. The van der Waals surface area contributed by atoms with Crippen molar-refractivity contribution in [3.63, 3.8) is 0 Å². The van der Waals surface area contributed by atoms with Crippen LogP contribution in [-0.4, -0.2) is 9.52 Å². The molecule has 2 aromatic heterocycles. The average Bonchev–Trinajstić information content (AvgIpc) is 3.87. The normalized spacial score (nSPS) is 16.8. The zero-order valence-electron chi connectivity index (χ0n) is 25.6. The Hall–Kier alpha value is -4.02. The lowest BCUT2D eigenvalue weighted by Crippen LogP contribution is -2.07. The molecule has 218 valence electrons. The highest BCUT2D eigenvalue weighted by Gasteiger charge is 2.32. The van der Waals surface area contributed by atoms with Crippen LogP contribution in [0.2, 0.25) is 12.1 Å². The molecule has 2 aliphatic carbocycles. The first-order valence-corrected chi connectivity index (χ1v) is 18.8. The minimum absolute atomic E-state index is 0.424. The van der Waals surface area contributed by atoms with E-state index in [0.717, 1.165) is 9.52 Å². The Labute approximate surface area is 277 Å². The summed E-state index contributed by atoms with van der Waals surface area (Å²) >= 11 is 3.87. The van der Waals surface area contributed by atoms with Gasteiger partial charge in [0.25, 0.3) is 0 Å². The molecule has 6 aromatic rings. The van der Waals surface area contributed by atoms with Crippen LogP contribution in [0, 0.1) is 13.8 Å². The minimum Gasteiger partial charge on any atom is -0.141 e. The molecule has 3 heteroatoms. The highest BCUT2D eigenvalue weighted by molar-refractivity contribution is 7.13. The van der Waals surface area contributed by atoms with Crippen LogP contribution >= 0.6 is 22.7 Å². The lowest BCUT2D eigenvalue weighted by Gasteiger charge is -2.20. The maximum absolute atomic E-state index is 2.51. The van der Waals surface area contributed by atoms with Gasteiger partial charge in [-0.15, -0.1) is 22.7 Å². The molecule has 2 unspecified atom stereocenters. The number of hydrogen-bond donors (Lipinski definition) is 0. The van der Waals surface area contributed by atoms with Gasteiger partial charge in [-0.3, -0.25) is 0 Å². The van der Waals surface area contributed by atoms with E-state index in [0.29, 0.717) is 11.8 Å². The molecule has 2 aliphatic rings. The second kappa shape index (κ2) is 12.1. The standard InChI is InChI=1S/C42H34S2Si/c1-27-19-21-41(43-27)37-23-35-31(29-11-5-3-6-12-29)15-9-17-33(35)39(37)25-45-26-40-34-18-10-16-32(30-13-7-4-8-14-30)36(34)24-38(40)42-22-20-28(2)44-42/h3-24,39-40H,25-26H2,1-2H3. The Morgan fingerprint density at radius 1 is 0.489 bits per heavy atom. The third kappa shape index (κ3) is 5.33. The van der Waals surface area contributed by atoms with Crippen LogP contribution in [0.5, 0.6) is 0 Å². The summed E-state index contributed by atoms with van der Waals surface area (Å²) in [6, 6.07) is 47.3. The number of hydrogen-bond acceptors (Lipinski definition) is 2. The first-order valence-electron chi connectivity index (χ1n) is 15.8. The van der Waals surface area contributed by atoms with Crippen LogP contribution in [-0.2, 0) is 0 Å². The summed E-state index contributed by atoms with van der Waals surface area (Å²) in [5, 5.41) is 0. The van der Waals surface area contributed by atoms with E-state index in [4.69, 9.17) is 0 Å². The lowest BCUT2D eigenvalue weighted by molar-refractivity contribution is 0.957. The van der Waals surface area contributed by atoms with Gasteiger partial charge in [-0.25, -0.2) is 0 Å². The van der Waals surface area contributed by atoms with E-state index < -0.39 is 0 Å². The third-order valence-corrected chi connectivity index (χ3v) is 12.8. The SMILES string of the molecule is Cc1ccc(C2=Cc3c(-c4ccccc4)cccc3C2C[Si]CC2C(c3ccc(C)s3)=Cc3c(-c4ccccc4)cccc32)s1. The fraction of sp³-hybridized carbons (Fsp3) is 0.143. The summed E-state index contributed by atoms with van der Waals surface area (Å²) in [6.07, 6.45) is 5.02. The summed E-state index contributed by atoms with van der Waals surface area (Å²) in [6.45, 7) is 4.45. The van der Waals surface area contributed by atoms with Gasteiger partial charge in [0.15, 0.2) is 0 Å². The number of allylic oxidation sites excluding steroid dienone is 2. The second-order valence-corrected chi connectivity index (χ2v) is 16.0. The van der Waals surface area contributed by atoms with Crippen molar-refractivity contribution >= 4 is 55.5 Å². The largest absolute Gasteiger partial charge is 0.141 e. The molecule has 0 saturated heterocycles. The number of rotatable bonds is 8. The molecular formula is C42H34S2Si. The number of aryl methyl sites for hydroxylation is 2. The van der Waals surface area contributed by atoms with Gasteiger partial charge in [0.2, 0.25) is 0 Å². The fourth-order valence-electron chi connectivity index (χ4n) is 7.16. The summed E-state index contributed by atoms with van der Waals surface area (Å²) in [5.41, 5.74) is 14.1. The van der Waals surface area contributed by atoms with Crippen LogP contribution in [0.1, 0.15) is 53.6 Å². The van der Waals surface area contributed by atoms with Crippen LogP contribution < -0.4 is 0 Å². The molecule has 0 amide bonds. The Morgan fingerprint density at radius 2 is 0.933 bits per heavy atom. The predicted molar refractivity (Wildman–Crippen MR) is 198 cm³/mol. The van der Waals surface area contributed by atoms with E-state index in [2.05, 4.69) is 147 Å². The minimum atomic E-state index is 0.424. The lowest BCUT2D eigenvalue weighted by atomic mass is 9.92. The van der Waals surface area contributed by atoms with Crippen LogP contribution in [0.4, 0.5) is 0 Å². The van der Waals surface area contributed by atoms with Gasteiger partial charge in [0, 0.05) is 40.9 Å². The molecule has 0 aliphatic heterocycles. The van der Waals surface area contributed by atoms with Crippen molar-refractivity contribution in [2.75, 3.05) is 0 Å². The van der Waals surface area contributed by atoms with Gasteiger partial charge < -0.3 is 0 Å². The van der Waals surface area contributed by atoms with Crippen molar-refractivity contribution < 1.29 is 0 Å². The number of thiophene rings is 2. The van der Waals surface area contributed by atoms with E-state index in [9.17, 15) is 0 Å². The third-order valence-electron chi connectivity index (χ3n) is 9.30. The highest BCUT2D eigenvalue weighted by Crippen LogP contribution is 2.51. The molecule has 8 rings (SSSR count). The van der Waals surface area contributed by atoms with E-state index in [1.807, 2.05) is 22.7 Å². The van der Waals surface area contributed by atoms with Gasteiger partial charge >= 0.3 is 0 Å². The zero-order chi connectivity index (χ0) is 30.3. The highest BCUT2D eigenvalue weighted by atomic mass is 32.1. The molecule has 0 bridgehead atoms. The fourth-order valence-corrected chi connectivity index (χ4v) is 10.7. The van der Waals surface area contributed by atoms with Crippen molar-refractivity contribution in [1.29, 1.82) is 0 Å². The van der Waals surface area contributed by atoms with Crippen molar-refractivity contribution in [3.8, 4) is 22.3 Å². The molecule has 0 spiro atoms. The van der Waals surface area contributed by atoms with Gasteiger partial charge in [-0.2, -0.15) is 0 Å². The summed E-state index contributed by atoms with van der Waals surface area (Å²) in [5.74, 6) is 0.848. The quantitative estimate of drug-likeness (QED) is 0.147. The number of benzene rings is 4. The molecule has 0 saturated carbocycles. The Balaban J connectivity index is 1.13. The Morgan fingerprint density at radius 3 is 1.33 bits per heavy atom. The molecule has 4 aromatic carbocycles. The van der Waals surface area contributed by atoms with Crippen LogP contribution in [0.15, 0.2) is 121 Å². The Bertz CT molecular complexity index is 1910. The Kier molecular flexibility index (Phi) is 7.62. The van der Waals surface area contributed by atoms with Crippen molar-refractivity contribution in [3.05, 3.63) is 163 Å². The van der Waals surface area contributed by atoms with E-state index in [-0.39, 0.29) is 0 Å². The monoisotopic (exact) mass is 630 g/mol. The van der Waals surface area contributed by atoms with Crippen molar-refractivity contribution in [2.45, 2.75) is 37.8 Å². The summed E-state index contributed by atoms with van der Waals surface area (Å²) in [4.78, 5) is 5.60. The van der Waals surface area contributed by atoms with Gasteiger partial charge in [-0.1, -0.05) is 109 Å². The summed E-state index contributed by atoms with van der Waals surface area (Å²) in [7, 11) is 0.854. The average molecular weight is 631 g/mol. The molecular weight excluding hydrogens is 597 g/mol. The van der Waals surface area contributed by atoms with E-state index in [1.54, 1.807) is 0 Å². The van der Waals surface area contributed by atoms with Crippen molar-refractivity contribution in [2.24, 2.45) is 0 Å². The van der Waals surface area contributed by atoms with E-state index >= 15 is 0 Å². The molecule has 0 fully saturated rings. The topological polar surface area (TPSA) is 0 Å². The van der Waals surface area contributed by atoms with Gasteiger partial charge in [0.1, 0.15) is 0 Å². The maximum atomic E-state index is 2.51. The molecule has 0 nitrogen and oxygen atoms in total. The molecule has 45 heavy (non-hydrogen) atoms. The van der Waals surface area contributed by atoms with Crippen LogP contribution in [0.25, 0.3) is 45.6 Å². The molecule has 0 N–H and O–H groups in total. The molecule has 2 radical (unpaired) electrons. The van der Waals surface area contributed by atoms with Crippen molar-refractivity contribution in [1.82, 2.24) is 0 Å². The van der Waals surface area contributed by atoms with Gasteiger partial charge in [0.05, 0.1) is 0 Å². The number of fused-ring (bicyclic) bond motifs is 2.